The van der Waals surface area contributed by atoms with Crippen LogP contribution in [0.25, 0.3) is 16.7 Å². The summed E-state index contributed by atoms with van der Waals surface area (Å²) in [5.74, 6) is 0.279. The van der Waals surface area contributed by atoms with E-state index in [1.54, 1.807) is 18.2 Å². The first-order valence-corrected chi connectivity index (χ1v) is 12.8. The zero-order chi connectivity index (χ0) is 27.0. The summed E-state index contributed by atoms with van der Waals surface area (Å²) in [6.45, 7) is 9.09. The SMILES string of the molecule is Cc1ccc(C)c(Cn2nc3n(Cc4ccccc4)c(=O)c4ccc(C(=O)NCC(C)C)cc4n3c2=O)c1. The van der Waals surface area contributed by atoms with Crippen molar-refractivity contribution in [2.75, 3.05) is 6.54 Å². The quantitative estimate of drug-likeness (QED) is 0.360. The van der Waals surface area contributed by atoms with Crippen LogP contribution in [0.4, 0.5) is 0 Å². The standard InChI is InChI=1S/C30H31N5O3/c1-19(2)16-31-27(36)23-12-13-25-26(15-23)35-29(33(28(25)37)17-22-8-6-5-7-9-22)32-34(30(35)38)18-24-14-20(3)10-11-21(24)4/h5-15,19H,16-18H2,1-4H3,(H,31,36). The average Bonchev–Trinajstić information content (AvgIpc) is 3.23. The molecule has 8 heteroatoms. The fourth-order valence-electron chi connectivity index (χ4n) is 4.60. The highest BCUT2D eigenvalue weighted by molar-refractivity contribution is 5.98. The molecule has 0 bridgehead atoms. The molecule has 1 amide bonds. The lowest BCUT2D eigenvalue weighted by atomic mass is 10.1. The lowest BCUT2D eigenvalue weighted by Gasteiger charge is -2.11. The molecule has 0 radical (unpaired) electrons. The Balaban J connectivity index is 1.73. The summed E-state index contributed by atoms with van der Waals surface area (Å²) < 4.78 is 4.37. The van der Waals surface area contributed by atoms with Crippen molar-refractivity contribution in [1.82, 2.24) is 24.1 Å². The van der Waals surface area contributed by atoms with Gasteiger partial charge in [-0.15, -0.1) is 5.10 Å². The molecular formula is C30H31N5O3. The Labute approximate surface area is 220 Å². The monoisotopic (exact) mass is 509 g/mol. The van der Waals surface area contributed by atoms with E-state index in [0.29, 0.717) is 28.9 Å². The van der Waals surface area contributed by atoms with Crippen molar-refractivity contribution in [1.29, 1.82) is 0 Å². The molecule has 38 heavy (non-hydrogen) atoms. The van der Waals surface area contributed by atoms with E-state index in [4.69, 9.17) is 0 Å². The number of aryl methyl sites for hydroxylation is 2. The van der Waals surface area contributed by atoms with E-state index in [9.17, 15) is 14.4 Å². The molecule has 2 heterocycles. The van der Waals surface area contributed by atoms with Crippen LogP contribution in [-0.2, 0) is 13.1 Å². The van der Waals surface area contributed by atoms with Gasteiger partial charge in [-0.05, 0) is 54.7 Å². The first kappa shape index (κ1) is 25.2. The predicted molar refractivity (Wildman–Crippen MR) is 149 cm³/mol. The van der Waals surface area contributed by atoms with Crippen LogP contribution in [0.15, 0.2) is 76.3 Å². The van der Waals surface area contributed by atoms with Crippen molar-refractivity contribution in [2.45, 2.75) is 40.8 Å². The Kier molecular flexibility index (Phi) is 6.72. The Hall–Kier alpha value is -4.46. The van der Waals surface area contributed by atoms with Crippen molar-refractivity contribution < 1.29 is 4.79 Å². The summed E-state index contributed by atoms with van der Waals surface area (Å²) in [5.41, 5.74) is 4.14. The van der Waals surface area contributed by atoms with Crippen LogP contribution >= 0.6 is 0 Å². The molecule has 2 aromatic heterocycles. The van der Waals surface area contributed by atoms with Gasteiger partial charge in [-0.1, -0.05) is 67.9 Å². The van der Waals surface area contributed by atoms with Gasteiger partial charge in [0.15, 0.2) is 0 Å². The van der Waals surface area contributed by atoms with Crippen LogP contribution in [0.3, 0.4) is 0 Å². The number of amides is 1. The minimum Gasteiger partial charge on any atom is -0.352 e. The molecule has 0 unspecified atom stereocenters. The molecule has 0 fully saturated rings. The number of rotatable bonds is 7. The van der Waals surface area contributed by atoms with Gasteiger partial charge in [0.05, 0.1) is 24.0 Å². The zero-order valence-corrected chi connectivity index (χ0v) is 22.1. The minimum atomic E-state index is -0.368. The van der Waals surface area contributed by atoms with Gasteiger partial charge in [-0.25, -0.2) is 13.9 Å². The Morgan fingerprint density at radius 3 is 2.45 bits per heavy atom. The highest BCUT2D eigenvalue weighted by atomic mass is 16.2. The van der Waals surface area contributed by atoms with Crippen molar-refractivity contribution in [3.8, 4) is 0 Å². The summed E-state index contributed by atoms with van der Waals surface area (Å²) in [6.07, 6.45) is 0. The molecule has 0 saturated carbocycles. The topological polar surface area (TPSA) is 90.4 Å². The third-order valence-corrected chi connectivity index (χ3v) is 6.72. The van der Waals surface area contributed by atoms with Crippen LogP contribution in [0.1, 0.15) is 46.5 Å². The summed E-state index contributed by atoms with van der Waals surface area (Å²) in [5, 5.41) is 7.90. The number of carbonyl (C=O) groups is 1. The second-order valence-electron chi connectivity index (χ2n) is 10.2. The maximum Gasteiger partial charge on any atom is 0.352 e. The fourth-order valence-corrected chi connectivity index (χ4v) is 4.60. The number of hydrogen-bond donors (Lipinski definition) is 1. The van der Waals surface area contributed by atoms with Gasteiger partial charge in [0, 0.05) is 12.1 Å². The summed E-state index contributed by atoms with van der Waals surface area (Å²) in [6, 6.07) is 20.5. The van der Waals surface area contributed by atoms with Crippen molar-refractivity contribution in [3.05, 3.63) is 115 Å². The smallest absolute Gasteiger partial charge is 0.352 e. The Bertz CT molecular complexity index is 1780. The molecule has 8 nitrogen and oxygen atoms in total. The number of nitrogens with zero attached hydrogens (tertiary/aromatic N) is 4. The minimum absolute atomic E-state index is 0.237. The molecule has 5 rings (SSSR count). The van der Waals surface area contributed by atoms with Crippen LogP contribution in [0.5, 0.6) is 0 Å². The number of aromatic nitrogens is 4. The third-order valence-electron chi connectivity index (χ3n) is 6.72. The summed E-state index contributed by atoms with van der Waals surface area (Å²) >= 11 is 0. The van der Waals surface area contributed by atoms with E-state index in [2.05, 4.69) is 10.4 Å². The van der Waals surface area contributed by atoms with Crippen molar-refractivity contribution >= 4 is 22.6 Å². The van der Waals surface area contributed by atoms with Gasteiger partial charge < -0.3 is 5.32 Å². The normalized spacial score (nSPS) is 11.5. The van der Waals surface area contributed by atoms with E-state index < -0.39 is 0 Å². The van der Waals surface area contributed by atoms with E-state index in [1.165, 1.54) is 13.6 Å². The number of nitrogens with one attached hydrogen (secondary N) is 1. The van der Waals surface area contributed by atoms with Gasteiger partial charge in [-0.2, -0.15) is 0 Å². The van der Waals surface area contributed by atoms with Crippen molar-refractivity contribution in [3.63, 3.8) is 0 Å². The Morgan fingerprint density at radius 2 is 1.71 bits per heavy atom. The van der Waals surface area contributed by atoms with Crippen LogP contribution in [-0.4, -0.2) is 31.2 Å². The lowest BCUT2D eigenvalue weighted by Crippen LogP contribution is -2.29. The van der Waals surface area contributed by atoms with E-state index in [0.717, 1.165) is 22.3 Å². The molecule has 0 saturated heterocycles. The maximum absolute atomic E-state index is 13.8. The largest absolute Gasteiger partial charge is 0.352 e. The average molecular weight is 510 g/mol. The van der Waals surface area contributed by atoms with Gasteiger partial charge in [0.1, 0.15) is 0 Å². The zero-order valence-electron chi connectivity index (χ0n) is 22.1. The highest BCUT2D eigenvalue weighted by Gasteiger charge is 2.20. The number of hydrogen-bond acceptors (Lipinski definition) is 4. The van der Waals surface area contributed by atoms with Crippen LogP contribution < -0.4 is 16.6 Å². The molecule has 0 atom stereocenters. The maximum atomic E-state index is 13.8. The molecule has 0 spiro atoms. The van der Waals surface area contributed by atoms with Gasteiger partial charge in [0.2, 0.25) is 5.78 Å². The molecule has 0 aliphatic rings. The van der Waals surface area contributed by atoms with Gasteiger partial charge >= 0.3 is 5.69 Å². The predicted octanol–water partition coefficient (Wildman–Crippen LogP) is 3.91. The molecule has 0 aliphatic carbocycles. The number of fused-ring (bicyclic) bond motifs is 3. The van der Waals surface area contributed by atoms with Gasteiger partial charge in [0.25, 0.3) is 11.5 Å². The molecule has 1 N–H and O–H groups in total. The second kappa shape index (κ2) is 10.1. The third kappa shape index (κ3) is 4.77. The first-order chi connectivity index (χ1) is 18.2. The first-order valence-electron chi connectivity index (χ1n) is 12.8. The molecule has 3 aromatic carbocycles. The van der Waals surface area contributed by atoms with Crippen LogP contribution in [0, 0.1) is 19.8 Å². The van der Waals surface area contributed by atoms with E-state index in [1.807, 2.05) is 76.2 Å². The van der Waals surface area contributed by atoms with Crippen molar-refractivity contribution in [2.24, 2.45) is 5.92 Å². The molecule has 5 aromatic rings. The van der Waals surface area contributed by atoms with Gasteiger partial charge in [-0.3, -0.25) is 14.2 Å². The van der Waals surface area contributed by atoms with E-state index in [-0.39, 0.29) is 36.0 Å². The summed E-state index contributed by atoms with van der Waals surface area (Å²) in [7, 11) is 0. The molecule has 194 valence electrons. The molecule has 0 aliphatic heterocycles. The van der Waals surface area contributed by atoms with Crippen LogP contribution in [0.2, 0.25) is 0 Å². The number of carbonyl (C=O) groups excluding carboxylic acids is 1. The highest BCUT2D eigenvalue weighted by Crippen LogP contribution is 2.17. The second-order valence-corrected chi connectivity index (χ2v) is 10.2. The summed E-state index contributed by atoms with van der Waals surface area (Å²) in [4.78, 5) is 40.3. The lowest BCUT2D eigenvalue weighted by molar-refractivity contribution is 0.0949. The number of benzene rings is 3. The Morgan fingerprint density at radius 1 is 0.947 bits per heavy atom. The van der Waals surface area contributed by atoms with E-state index >= 15 is 0 Å². The molecular weight excluding hydrogens is 478 g/mol. The fraction of sp³-hybridized carbons (Fsp3) is 0.267.